The molecule has 0 fully saturated rings. The standard InChI is InChI=1S/C23H18F2N4O5S/c1-3-34-23(31)14-7-5-4-6-13(14)12-10-16-19(27-28-22(16)26-11-12)21(30)15-8-9-17(24)20(18(15)25)29-35(2,32)33/h4-11,29H,3H2,1-2H3,(H,26,27,28). The van der Waals surface area contributed by atoms with Crippen molar-refractivity contribution in [2.24, 2.45) is 0 Å². The number of anilines is 1. The Labute approximate surface area is 198 Å². The Bertz CT molecular complexity index is 1580. The molecule has 2 N–H and O–H groups in total. The summed E-state index contributed by atoms with van der Waals surface area (Å²) in [7, 11) is -4.01. The van der Waals surface area contributed by atoms with Gasteiger partial charge in [0.2, 0.25) is 15.8 Å². The summed E-state index contributed by atoms with van der Waals surface area (Å²) in [5.41, 5.74) is -0.317. The molecule has 0 amide bonds. The first-order valence-electron chi connectivity index (χ1n) is 10.2. The largest absolute Gasteiger partial charge is 0.462 e. The number of ketones is 1. The zero-order valence-electron chi connectivity index (χ0n) is 18.4. The number of hydrogen-bond donors (Lipinski definition) is 2. The first-order chi connectivity index (χ1) is 16.6. The fourth-order valence-electron chi connectivity index (χ4n) is 3.48. The van der Waals surface area contributed by atoms with Crippen LogP contribution in [0.4, 0.5) is 14.5 Å². The molecule has 0 aliphatic heterocycles. The minimum Gasteiger partial charge on any atom is -0.462 e. The number of esters is 1. The van der Waals surface area contributed by atoms with Crippen LogP contribution in [0.1, 0.15) is 33.3 Å². The number of sulfonamides is 1. The molecule has 180 valence electrons. The van der Waals surface area contributed by atoms with E-state index < -0.39 is 44.7 Å². The highest BCUT2D eigenvalue weighted by Crippen LogP contribution is 2.30. The van der Waals surface area contributed by atoms with Crippen LogP contribution in [0.15, 0.2) is 48.7 Å². The van der Waals surface area contributed by atoms with Gasteiger partial charge in [0.1, 0.15) is 17.2 Å². The third kappa shape index (κ3) is 4.73. The molecule has 0 saturated carbocycles. The molecule has 4 aromatic rings. The first-order valence-corrected chi connectivity index (χ1v) is 12.1. The fraction of sp³-hybridized carbons (Fsp3) is 0.130. The number of aromatic nitrogens is 3. The van der Waals surface area contributed by atoms with Crippen LogP contribution in [0.5, 0.6) is 0 Å². The number of benzene rings is 2. The highest BCUT2D eigenvalue weighted by molar-refractivity contribution is 7.92. The van der Waals surface area contributed by atoms with E-state index in [2.05, 4.69) is 15.2 Å². The number of rotatable bonds is 7. The third-order valence-corrected chi connectivity index (χ3v) is 5.57. The van der Waals surface area contributed by atoms with Crippen molar-refractivity contribution in [2.45, 2.75) is 6.92 Å². The van der Waals surface area contributed by atoms with Gasteiger partial charge in [0.25, 0.3) is 0 Å². The van der Waals surface area contributed by atoms with Crippen LogP contribution in [0, 0.1) is 11.6 Å². The van der Waals surface area contributed by atoms with Gasteiger partial charge in [-0.2, -0.15) is 5.10 Å². The average Bonchev–Trinajstić information content (AvgIpc) is 3.24. The molecule has 12 heteroatoms. The number of aromatic amines is 1. The van der Waals surface area contributed by atoms with Crippen molar-refractivity contribution in [1.29, 1.82) is 0 Å². The van der Waals surface area contributed by atoms with Crippen LogP contribution < -0.4 is 4.72 Å². The number of hydrogen-bond acceptors (Lipinski definition) is 7. The number of fused-ring (bicyclic) bond motifs is 1. The minimum absolute atomic E-state index is 0.141. The van der Waals surface area contributed by atoms with E-state index in [0.29, 0.717) is 11.1 Å². The van der Waals surface area contributed by atoms with Crippen molar-refractivity contribution in [1.82, 2.24) is 15.2 Å². The summed E-state index contributed by atoms with van der Waals surface area (Å²) in [6.45, 7) is 1.87. The molecule has 0 aliphatic rings. The molecular formula is C23H18F2N4O5S. The van der Waals surface area contributed by atoms with E-state index >= 15 is 0 Å². The van der Waals surface area contributed by atoms with Gasteiger partial charge in [-0.3, -0.25) is 14.6 Å². The zero-order valence-corrected chi connectivity index (χ0v) is 19.2. The van der Waals surface area contributed by atoms with E-state index in [-0.39, 0.29) is 28.9 Å². The van der Waals surface area contributed by atoms with Crippen LogP contribution in [-0.2, 0) is 14.8 Å². The zero-order chi connectivity index (χ0) is 25.3. The van der Waals surface area contributed by atoms with Gasteiger partial charge in [-0.05, 0) is 36.8 Å². The number of carbonyl (C=O) groups is 2. The lowest BCUT2D eigenvalue weighted by molar-refractivity contribution is 0.0527. The molecular weight excluding hydrogens is 482 g/mol. The Hall–Kier alpha value is -4.19. The van der Waals surface area contributed by atoms with Crippen molar-refractivity contribution >= 4 is 38.5 Å². The van der Waals surface area contributed by atoms with E-state index in [0.717, 1.165) is 18.4 Å². The van der Waals surface area contributed by atoms with Crippen LogP contribution in [0.25, 0.3) is 22.2 Å². The molecule has 9 nitrogen and oxygen atoms in total. The van der Waals surface area contributed by atoms with Gasteiger partial charge in [-0.25, -0.2) is 27.0 Å². The predicted molar refractivity (Wildman–Crippen MR) is 124 cm³/mol. The highest BCUT2D eigenvalue weighted by Gasteiger charge is 2.25. The maximum absolute atomic E-state index is 15.0. The Balaban J connectivity index is 1.81. The molecule has 35 heavy (non-hydrogen) atoms. The van der Waals surface area contributed by atoms with Gasteiger partial charge < -0.3 is 4.74 Å². The first kappa shape index (κ1) is 24.0. The number of pyridine rings is 1. The highest BCUT2D eigenvalue weighted by atomic mass is 32.2. The quantitative estimate of drug-likeness (QED) is 0.292. The average molecular weight is 500 g/mol. The Morgan fingerprint density at radius 3 is 2.57 bits per heavy atom. The van der Waals surface area contributed by atoms with Gasteiger partial charge >= 0.3 is 5.97 Å². The van der Waals surface area contributed by atoms with E-state index in [4.69, 9.17) is 4.74 Å². The van der Waals surface area contributed by atoms with Crippen molar-refractivity contribution in [3.8, 4) is 11.1 Å². The van der Waals surface area contributed by atoms with Gasteiger partial charge in [0, 0.05) is 11.8 Å². The summed E-state index contributed by atoms with van der Waals surface area (Å²) in [5, 5.41) is 6.68. The second kappa shape index (κ2) is 9.22. The number of ether oxygens (including phenoxy) is 1. The van der Waals surface area contributed by atoms with Crippen molar-refractivity contribution in [2.75, 3.05) is 17.6 Å². The molecule has 2 aromatic heterocycles. The van der Waals surface area contributed by atoms with Crippen LogP contribution >= 0.6 is 0 Å². The monoisotopic (exact) mass is 500 g/mol. The van der Waals surface area contributed by atoms with Gasteiger partial charge in [-0.15, -0.1) is 0 Å². The maximum Gasteiger partial charge on any atom is 0.338 e. The van der Waals surface area contributed by atoms with Gasteiger partial charge in [-0.1, -0.05) is 18.2 Å². The molecule has 0 aliphatic carbocycles. The number of H-pyrrole nitrogens is 1. The molecule has 0 unspecified atom stereocenters. The molecule has 0 bridgehead atoms. The summed E-state index contributed by atoms with van der Waals surface area (Å²) in [4.78, 5) is 29.8. The van der Waals surface area contributed by atoms with E-state index in [1.807, 2.05) is 0 Å². The third-order valence-electron chi connectivity index (χ3n) is 4.99. The maximum atomic E-state index is 15.0. The van der Waals surface area contributed by atoms with Crippen molar-refractivity contribution in [3.63, 3.8) is 0 Å². The molecule has 2 aromatic carbocycles. The lowest BCUT2D eigenvalue weighted by Gasteiger charge is -2.10. The van der Waals surface area contributed by atoms with E-state index in [1.54, 1.807) is 42.0 Å². The summed E-state index contributed by atoms with van der Waals surface area (Å²) in [6.07, 6.45) is 2.19. The van der Waals surface area contributed by atoms with Crippen LogP contribution in [-0.4, -0.2) is 48.2 Å². The number of nitrogens with zero attached hydrogens (tertiary/aromatic N) is 2. The van der Waals surface area contributed by atoms with E-state index in [1.165, 1.54) is 6.20 Å². The SMILES string of the molecule is CCOC(=O)c1ccccc1-c1cnc2n[nH]c(C(=O)c3ccc(F)c(NS(C)(=O)=O)c3F)c2c1. The minimum atomic E-state index is -4.01. The predicted octanol–water partition coefficient (Wildman–Crippen LogP) is 3.68. The second-order valence-electron chi connectivity index (χ2n) is 7.45. The molecule has 4 rings (SSSR count). The topological polar surface area (TPSA) is 131 Å². The molecule has 0 saturated heterocycles. The lowest BCUT2D eigenvalue weighted by Crippen LogP contribution is -2.15. The summed E-state index contributed by atoms with van der Waals surface area (Å²) in [6, 6.07) is 9.89. The summed E-state index contributed by atoms with van der Waals surface area (Å²) >= 11 is 0. The van der Waals surface area contributed by atoms with Gasteiger partial charge in [0.05, 0.1) is 29.4 Å². The normalized spacial score (nSPS) is 11.4. The fourth-order valence-corrected chi connectivity index (χ4v) is 4.04. The number of halogens is 2. The lowest BCUT2D eigenvalue weighted by atomic mass is 9.99. The summed E-state index contributed by atoms with van der Waals surface area (Å²) < 4.78 is 58.9. The number of carbonyl (C=O) groups excluding carboxylic acids is 2. The van der Waals surface area contributed by atoms with Crippen LogP contribution in [0.2, 0.25) is 0 Å². The molecule has 0 radical (unpaired) electrons. The van der Waals surface area contributed by atoms with Crippen LogP contribution in [0.3, 0.4) is 0 Å². The Kier molecular flexibility index (Phi) is 6.31. The molecule has 0 spiro atoms. The molecule has 0 atom stereocenters. The van der Waals surface area contributed by atoms with Gasteiger partial charge in [0.15, 0.2) is 11.5 Å². The second-order valence-corrected chi connectivity index (χ2v) is 9.20. The number of nitrogens with one attached hydrogen (secondary N) is 2. The Morgan fingerprint density at radius 2 is 1.86 bits per heavy atom. The molecule has 2 heterocycles. The summed E-state index contributed by atoms with van der Waals surface area (Å²) in [5.74, 6) is -4.00. The van der Waals surface area contributed by atoms with Crippen molar-refractivity contribution < 1.29 is 31.5 Å². The van der Waals surface area contributed by atoms with Crippen molar-refractivity contribution in [3.05, 3.63) is 77.1 Å². The van der Waals surface area contributed by atoms with E-state index in [9.17, 15) is 26.8 Å². The Morgan fingerprint density at radius 1 is 1.11 bits per heavy atom. The smallest absolute Gasteiger partial charge is 0.338 e.